The Kier molecular flexibility index (Phi) is 4.57. The fourth-order valence-electron chi connectivity index (χ4n) is 2.97. The van der Waals surface area contributed by atoms with Gasteiger partial charge in [-0.05, 0) is 55.7 Å². The number of rotatable bonds is 4. The summed E-state index contributed by atoms with van der Waals surface area (Å²) in [4.78, 5) is 25.6. The first-order valence-corrected chi connectivity index (χ1v) is 9.60. The largest absolute Gasteiger partial charge is 0.454 e. The number of ketones is 1. The van der Waals surface area contributed by atoms with E-state index in [0.29, 0.717) is 10.4 Å². The van der Waals surface area contributed by atoms with E-state index in [-0.39, 0.29) is 12.4 Å². The summed E-state index contributed by atoms with van der Waals surface area (Å²) in [5.74, 6) is -0.694. The highest BCUT2D eigenvalue weighted by molar-refractivity contribution is 9.11. The molecule has 0 aliphatic heterocycles. The maximum absolute atomic E-state index is 12.8. The molecule has 0 aliphatic carbocycles. The Morgan fingerprint density at radius 2 is 1.50 bits per heavy atom. The zero-order valence-electron chi connectivity index (χ0n) is 13.6. The number of benzene rings is 3. The molecule has 0 saturated carbocycles. The van der Waals surface area contributed by atoms with Gasteiger partial charge >= 0.3 is 5.97 Å². The molecule has 4 rings (SSSR count). The average Bonchev–Trinajstić information content (AvgIpc) is 3.10. The van der Waals surface area contributed by atoms with Crippen molar-refractivity contribution in [2.45, 2.75) is 0 Å². The maximum atomic E-state index is 12.8. The molecule has 0 N–H and O–H groups in total. The third-order valence-corrected chi connectivity index (χ3v) is 5.82. The van der Waals surface area contributed by atoms with Gasteiger partial charge in [0, 0.05) is 0 Å². The van der Waals surface area contributed by atoms with Crippen LogP contribution in [0.1, 0.15) is 20.0 Å². The summed E-state index contributed by atoms with van der Waals surface area (Å²) in [5.41, 5.74) is 0.499. The monoisotopic (exact) mass is 424 g/mol. The van der Waals surface area contributed by atoms with E-state index in [2.05, 4.69) is 22.0 Å². The molecule has 5 heteroatoms. The number of thiophene rings is 1. The van der Waals surface area contributed by atoms with Crippen LogP contribution in [-0.2, 0) is 4.74 Å². The quantitative estimate of drug-likeness (QED) is 0.234. The van der Waals surface area contributed by atoms with Crippen LogP contribution in [0.3, 0.4) is 0 Å². The molecule has 0 atom stereocenters. The van der Waals surface area contributed by atoms with E-state index < -0.39 is 5.97 Å². The van der Waals surface area contributed by atoms with Crippen molar-refractivity contribution in [3.63, 3.8) is 0 Å². The van der Waals surface area contributed by atoms with Gasteiger partial charge in [-0.15, -0.1) is 11.3 Å². The van der Waals surface area contributed by atoms with E-state index in [1.807, 2.05) is 48.5 Å². The first kappa shape index (κ1) is 16.9. The highest BCUT2D eigenvalue weighted by atomic mass is 79.9. The van der Waals surface area contributed by atoms with Crippen LogP contribution >= 0.6 is 27.3 Å². The van der Waals surface area contributed by atoms with Crippen LogP contribution in [0.25, 0.3) is 21.5 Å². The second kappa shape index (κ2) is 7.02. The fraction of sp³-hybridized carbons (Fsp3) is 0.0476. The van der Waals surface area contributed by atoms with Crippen LogP contribution in [0.2, 0.25) is 0 Å². The summed E-state index contributed by atoms with van der Waals surface area (Å²) in [5, 5.41) is 3.57. The van der Waals surface area contributed by atoms with Gasteiger partial charge in [-0.25, -0.2) is 4.79 Å². The van der Waals surface area contributed by atoms with E-state index in [1.165, 1.54) is 11.3 Å². The summed E-state index contributed by atoms with van der Waals surface area (Å²) >= 11 is 4.65. The van der Waals surface area contributed by atoms with Crippen LogP contribution in [0.15, 0.2) is 70.5 Å². The van der Waals surface area contributed by atoms with Gasteiger partial charge in [0.1, 0.15) is 0 Å². The first-order valence-electron chi connectivity index (χ1n) is 7.99. The lowest BCUT2D eigenvalue weighted by Crippen LogP contribution is -2.14. The van der Waals surface area contributed by atoms with Crippen molar-refractivity contribution in [1.82, 2.24) is 0 Å². The van der Waals surface area contributed by atoms with Crippen LogP contribution in [-0.4, -0.2) is 18.4 Å². The smallest absolute Gasteiger partial charge is 0.339 e. The Hall–Kier alpha value is -2.50. The molecule has 3 nitrogen and oxygen atoms in total. The highest BCUT2D eigenvalue weighted by Crippen LogP contribution is 2.29. The van der Waals surface area contributed by atoms with Crippen molar-refractivity contribution < 1.29 is 14.3 Å². The SMILES string of the molecule is O=C(COC(=O)c1c2ccccc2cc2ccccc12)c1ccc(Br)s1. The van der Waals surface area contributed by atoms with Gasteiger partial charge in [0.05, 0.1) is 14.2 Å². The summed E-state index contributed by atoms with van der Waals surface area (Å²) in [7, 11) is 0. The minimum absolute atomic E-state index is 0.210. The van der Waals surface area contributed by atoms with Crippen molar-refractivity contribution in [2.75, 3.05) is 6.61 Å². The number of carbonyl (C=O) groups is 2. The molecule has 0 aliphatic rings. The zero-order chi connectivity index (χ0) is 18.1. The second-order valence-electron chi connectivity index (χ2n) is 5.80. The van der Waals surface area contributed by atoms with Crippen LogP contribution in [0.4, 0.5) is 0 Å². The number of halogens is 1. The summed E-state index contributed by atoms with van der Waals surface area (Å²) in [6.07, 6.45) is 0. The average molecular weight is 425 g/mol. The molecule has 128 valence electrons. The van der Waals surface area contributed by atoms with Crippen molar-refractivity contribution in [1.29, 1.82) is 0 Å². The lowest BCUT2D eigenvalue weighted by atomic mass is 9.97. The molecule has 1 heterocycles. The molecule has 1 aromatic heterocycles. The van der Waals surface area contributed by atoms with Gasteiger partial charge in [0.25, 0.3) is 0 Å². The number of Topliss-reactive ketones (excluding diaryl/α,β-unsaturated/α-hetero) is 1. The van der Waals surface area contributed by atoms with Crippen molar-refractivity contribution in [2.24, 2.45) is 0 Å². The second-order valence-corrected chi connectivity index (χ2v) is 8.26. The highest BCUT2D eigenvalue weighted by Gasteiger charge is 2.18. The predicted octanol–water partition coefficient (Wildman–Crippen LogP) is 5.86. The van der Waals surface area contributed by atoms with Crippen LogP contribution in [0, 0.1) is 0 Å². The molecule has 0 bridgehead atoms. The summed E-state index contributed by atoms with van der Waals surface area (Å²) < 4.78 is 6.24. The number of hydrogen-bond acceptors (Lipinski definition) is 4. The predicted molar refractivity (Wildman–Crippen MR) is 108 cm³/mol. The van der Waals surface area contributed by atoms with E-state index in [1.54, 1.807) is 12.1 Å². The van der Waals surface area contributed by atoms with Crippen LogP contribution < -0.4 is 0 Å². The summed E-state index contributed by atoms with van der Waals surface area (Å²) in [6, 6.07) is 21.0. The number of hydrogen-bond donors (Lipinski definition) is 0. The summed E-state index contributed by atoms with van der Waals surface area (Å²) in [6.45, 7) is -0.274. The third-order valence-electron chi connectivity index (χ3n) is 4.16. The van der Waals surface area contributed by atoms with Gasteiger partial charge in [0.2, 0.25) is 5.78 Å². The lowest BCUT2D eigenvalue weighted by molar-refractivity contribution is 0.0479. The zero-order valence-corrected chi connectivity index (χ0v) is 16.0. The molecule has 0 unspecified atom stereocenters. The third kappa shape index (κ3) is 3.16. The Balaban J connectivity index is 1.70. The molecule has 0 fully saturated rings. The molecule has 0 spiro atoms. The van der Waals surface area contributed by atoms with Gasteiger partial charge in [-0.3, -0.25) is 4.79 Å². The van der Waals surface area contributed by atoms with Crippen molar-refractivity contribution in [3.05, 3.63) is 81.0 Å². The molecule has 3 aromatic carbocycles. The molecule has 4 aromatic rings. The molecular weight excluding hydrogens is 412 g/mol. The number of carbonyl (C=O) groups excluding carboxylic acids is 2. The molecular formula is C21H13BrO3S. The Labute approximate surface area is 162 Å². The molecule has 26 heavy (non-hydrogen) atoms. The topological polar surface area (TPSA) is 43.4 Å². The normalized spacial score (nSPS) is 11.0. The van der Waals surface area contributed by atoms with E-state index >= 15 is 0 Å². The van der Waals surface area contributed by atoms with E-state index in [9.17, 15) is 9.59 Å². The minimum atomic E-state index is -0.484. The van der Waals surface area contributed by atoms with Gasteiger partial charge in [-0.2, -0.15) is 0 Å². The Morgan fingerprint density at radius 3 is 2.08 bits per heavy atom. The molecule has 0 radical (unpaired) electrons. The number of ether oxygens (including phenoxy) is 1. The van der Waals surface area contributed by atoms with Gasteiger partial charge < -0.3 is 4.74 Å². The maximum Gasteiger partial charge on any atom is 0.339 e. The first-order chi connectivity index (χ1) is 12.6. The van der Waals surface area contributed by atoms with E-state index in [4.69, 9.17) is 4.74 Å². The van der Waals surface area contributed by atoms with Crippen molar-refractivity contribution in [3.8, 4) is 0 Å². The Bertz CT molecular complexity index is 1090. The number of fused-ring (bicyclic) bond motifs is 2. The lowest BCUT2D eigenvalue weighted by Gasteiger charge is -2.11. The Morgan fingerprint density at radius 1 is 0.885 bits per heavy atom. The molecule has 0 saturated heterocycles. The van der Waals surface area contributed by atoms with Crippen LogP contribution in [0.5, 0.6) is 0 Å². The molecule has 0 amide bonds. The van der Waals surface area contributed by atoms with Gasteiger partial charge in [-0.1, -0.05) is 48.5 Å². The van der Waals surface area contributed by atoms with Gasteiger partial charge in [0.15, 0.2) is 6.61 Å². The standard InChI is InChI=1S/C21H13BrO3S/c22-19-10-9-18(26-19)17(23)12-25-21(24)20-15-7-3-1-5-13(15)11-14-6-2-4-8-16(14)20/h1-11H,12H2. The minimum Gasteiger partial charge on any atom is -0.454 e. The number of esters is 1. The van der Waals surface area contributed by atoms with E-state index in [0.717, 1.165) is 25.3 Å². The fourth-order valence-corrected chi connectivity index (χ4v) is 4.28. The van der Waals surface area contributed by atoms with Crippen molar-refractivity contribution >= 4 is 60.6 Å².